The van der Waals surface area contributed by atoms with E-state index < -0.39 is 6.36 Å². The molecular weight excluding hydrogens is 343 g/mol. The van der Waals surface area contributed by atoms with Crippen LogP contribution in [0.2, 0.25) is 0 Å². The summed E-state index contributed by atoms with van der Waals surface area (Å²) in [6, 6.07) is 4.25. The molecule has 0 saturated heterocycles. The smallest absolute Gasteiger partial charge is 0.405 e. The van der Waals surface area contributed by atoms with Crippen LogP contribution in [0.1, 0.15) is 0 Å². The zero-order chi connectivity index (χ0) is 15.0. The Labute approximate surface area is 123 Å². The summed E-state index contributed by atoms with van der Waals surface area (Å²) in [5.41, 5.74) is 0.668. The maximum Gasteiger partial charge on any atom is 0.573 e. The van der Waals surface area contributed by atoms with Gasteiger partial charge in [-0.1, -0.05) is 0 Å². The Morgan fingerprint density at radius 2 is 1.95 bits per heavy atom. The highest BCUT2D eigenvalue weighted by Gasteiger charge is 2.31. The lowest BCUT2D eigenvalue weighted by Gasteiger charge is -2.12. The Bertz CT molecular complexity index is 415. The predicted molar refractivity (Wildman–Crippen MR) is 72.0 cm³/mol. The maximum absolute atomic E-state index is 12.1. The molecule has 4 nitrogen and oxygen atoms in total. The van der Waals surface area contributed by atoms with Gasteiger partial charge in [-0.3, -0.25) is 0 Å². The minimum atomic E-state index is -4.70. The van der Waals surface area contributed by atoms with Crippen LogP contribution in [0, 0.1) is 0 Å². The molecule has 1 rings (SSSR count). The van der Waals surface area contributed by atoms with Crippen molar-refractivity contribution < 1.29 is 27.4 Å². The molecule has 114 valence electrons. The lowest BCUT2D eigenvalue weighted by atomic mass is 10.3. The maximum atomic E-state index is 12.1. The Hall–Kier alpha value is -0.990. The Morgan fingerprint density at radius 3 is 2.55 bits per heavy atom. The molecule has 0 amide bonds. The van der Waals surface area contributed by atoms with Crippen LogP contribution in [-0.2, 0) is 9.47 Å². The van der Waals surface area contributed by atoms with Gasteiger partial charge in [0.25, 0.3) is 0 Å². The number of methoxy groups -OCH3 is 1. The molecule has 0 bridgehead atoms. The molecule has 0 spiro atoms. The van der Waals surface area contributed by atoms with Crippen LogP contribution in [0.15, 0.2) is 22.7 Å². The molecular formula is C12H15BrF3NO3. The van der Waals surface area contributed by atoms with Crippen LogP contribution >= 0.6 is 15.9 Å². The van der Waals surface area contributed by atoms with E-state index in [9.17, 15) is 13.2 Å². The van der Waals surface area contributed by atoms with E-state index in [0.29, 0.717) is 32.1 Å². The second-order valence-corrected chi connectivity index (χ2v) is 4.58. The van der Waals surface area contributed by atoms with Crippen LogP contribution in [-0.4, -0.2) is 39.8 Å². The Morgan fingerprint density at radius 1 is 1.20 bits per heavy atom. The first-order valence-corrected chi connectivity index (χ1v) is 6.57. The van der Waals surface area contributed by atoms with Crippen LogP contribution in [0.5, 0.6) is 5.75 Å². The fourth-order valence-corrected chi connectivity index (χ4v) is 1.79. The van der Waals surface area contributed by atoms with E-state index in [0.717, 1.165) is 0 Å². The minimum Gasteiger partial charge on any atom is -0.405 e. The third kappa shape index (κ3) is 6.97. The highest BCUT2D eigenvalue weighted by atomic mass is 79.9. The first kappa shape index (κ1) is 17.1. The Balaban J connectivity index is 2.39. The van der Waals surface area contributed by atoms with E-state index in [-0.39, 0.29) is 10.2 Å². The van der Waals surface area contributed by atoms with Gasteiger partial charge in [0, 0.05) is 19.3 Å². The molecule has 1 aromatic carbocycles. The van der Waals surface area contributed by atoms with Crippen molar-refractivity contribution >= 4 is 21.6 Å². The monoisotopic (exact) mass is 357 g/mol. The van der Waals surface area contributed by atoms with Crippen LogP contribution < -0.4 is 10.1 Å². The number of benzene rings is 1. The molecule has 0 aliphatic heterocycles. The van der Waals surface area contributed by atoms with Gasteiger partial charge in [0.15, 0.2) is 0 Å². The van der Waals surface area contributed by atoms with Crippen molar-refractivity contribution in [3.63, 3.8) is 0 Å². The quantitative estimate of drug-likeness (QED) is 0.723. The summed E-state index contributed by atoms with van der Waals surface area (Å²) < 4.78 is 50.4. The fourth-order valence-electron chi connectivity index (χ4n) is 1.33. The van der Waals surface area contributed by atoms with E-state index in [4.69, 9.17) is 9.47 Å². The number of nitrogens with one attached hydrogen (secondary N) is 1. The summed E-state index contributed by atoms with van der Waals surface area (Å²) in [6.07, 6.45) is -4.70. The van der Waals surface area contributed by atoms with Crippen molar-refractivity contribution in [1.29, 1.82) is 0 Å². The normalized spacial score (nSPS) is 11.4. The van der Waals surface area contributed by atoms with E-state index in [2.05, 4.69) is 26.0 Å². The predicted octanol–water partition coefficient (Wildman–Crippen LogP) is 3.42. The summed E-state index contributed by atoms with van der Waals surface area (Å²) >= 11 is 3.03. The molecule has 0 aliphatic carbocycles. The van der Waals surface area contributed by atoms with Crippen molar-refractivity contribution in [2.45, 2.75) is 6.36 Å². The largest absolute Gasteiger partial charge is 0.573 e. The van der Waals surface area contributed by atoms with Gasteiger partial charge in [-0.15, -0.1) is 13.2 Å². The SMILES string of the molecule is COCCOCCNc1ccc(OC(F)(F)F)c(Br)c1. The van der Waals surface area contributed by atoms with E-state index >= 15 is 0 Å². The topological polar surface area (TPSA) is 39.7 Å². The van der Waals surface area contributed by atoms with Crippen molar-refractivity contribution in [1.82, 2.24) is 0 Å². The molecule has 0 saturated carbocycles. The summed E-state index contributed by atoms with van der Waals surface area (Å²) in [6.45, 7) is 2.03. The van der Waals surface area contributed by atoms with E-state index in [1.54, 1.807) is 7.11 Å². The molecule has 0 aliphatic rings. The van der Waals surface area contributed by atoms with Gasteiger partial charge in [0.2, 0.25) is 0 Å². The molecule has 0 unspecified atom stereocenters. The molecule has 0 atom stereocenters. The number of ether oxygens (including phenoxy) is 3. The zero-order valence-corrected chi connectivity index (χ0v) is 12.4. The number of hydrogen-bond donors (Lipinski definition) is 1. The number of hydrogen-bond acceptors (Lipinski definition) is 4. The molecule has 1 N–H and O–H groups in total. The number of anilines is 1. The molecule has 1 aromatic rings. The van der Waals surface area contributed by atoms with Gasteiger partial charge in [-0.25, -0.2) is 0 Å². The van der Waals surface area contributed by atoms with Crippen LogP contribution in [0.25, 0.3) is 0 Å². The first-order valence-electron chi connectivity index (χ1n) is 5.78. The molecule has 0 radical (unpaired) electrons. The first-order chi connectivity index (χ1) is 9.42. The summed E-state index contributed by atoms with van der Waals surface area (Å²) in [5.74, 6) is -0.278. The third-order valence-electron chi connectivity index (χ3n) is 2.16. The van der Waals surface area contributed by atoms with Crippen LogP contribution in [0.4, 0.5) is 18.9 Å². The molecule has 8 heteroatoms. The second-order valence-electron chi connectivity index (χ2n) is 3.72. The molecule has 0 aromatic heterocycles. The van der Waals surface area contributed by atoms with Gasteiger partial charge < -0.3 is 19.5 Å². The van der Waals surface area contributed by atoms with Gasteiger partial charge >= 0.3 is 6.36 Å². The number of alkyl halides is 3. The van der Waals surface area contributed by atoms with Gasteiger partial charge in [0.1, 0.15) is 5.75 Å². The highest BCUT2D eigenvalue weighted by molar-refractivity contribution is 9.10. The second kappa shape index (κ2) is 8.33. The van der Waals surface area contributed by atoms with Crippen molar-refractivity contribution in [2.75, 3.05) is 38.8 Å². The number of halogens is 4. The van der Waals surface area contributed by atoms with Crippen molar-refractivity contribution in [3.8, 4) is 5.75 Å². The average Bonchev–Trinajstić information content (AvgIpc) is 2.35. The zero-order valence-electron chi connectivity index (χ0n) is 10.8. The van der Waals surface area contributed by atoms with Crippen LogP contribution in [0.3, 0.4) is 0 Å². The molecule has 0 fully saturated rings. The lowest BCUT2D eigenvalue weighted by molar-refractivity contribution is -0.274. The van der Waals surface area contributed by atoms with Gasteiger partial charge in [-0.2, -0.15) is 0 Å². The van der Waals surface area contributed by atoms with E-state index in [1.165, 1.54) is 18.2 Å². The highest BCUT2D eigenvalue weighted by Crippen LogP contribution is 2.32. The standard InChI is InChI=1S/C12H15BrF3NO3/c1-18-6-7-19-5-4-17-9-2-3-11(10(13)8-9)20-12(14,15)16/h2-3,8,17H,4-7H2,1H3. The molecule has 0 heterocycles. The fraction of sp³-hybridized carbons (Fsp3) is 0.500. The third-order valence-corrected chi connectivity index (χ3v) is 2.78. The van der Waals surface area contributed by atoms with Crippen molar-refractivity contribution in [2.24, 2.45) is 0 Å². The van der Waals surface area contributed by atoms with Gasteiger partial charge in [-0.05, 0) is 34.1 Å². The van der Waals surface area contributed by atoms with Crippen molar-refractivity contribution in [3.05, 3.63) is 22.7 Å². The van der Waals surface area contributed by atoms with E-state index in [1.807, 2.05) is 0 Å². The molecule has 20 heavy (non-hydrogen) atoms. The average molecular weight is 358 g/mol. The Kier molecular flexibility index (Phi) is 7.11. The summed E-state index contributed by atoms with van der Waals surface area (Å²) in [5, 5.41) is 3.02. The summed E-state index contributed by atoms with van der Waals surface area (Å²) in [4.78, 5) is 0. The minimum absolute atomic E-state index is 0.222. The summed E-state index contributed by atoms with van der Waals surface area (Å²) in [7, 11) is 1.59. The number of rotatable bonds is 8. The van der Waals surface area contributed by atoms with Gasteiger partial charge in [0.05, 0.1) is 24.3 Å². The lowest BCUT2D eigenvalue weighted by Crippen LogP contribution is -2.17.